The first-order valence-electron chi connectivity index (χ1n) is 7.46. The maximum absolute atomic E-state index is 12.7. The normalized spacial score (nSPS) is 18.4. The summed E-state index contributed by atoms with van der Waals surface area (Å²) < 4.78 is 5.10. The smallest absolute Gasteiger partial charge is 0.328 e. The molecule has 2 rings (SSSR count). The van der Waals surface area contributed by atoms with Crippen molar-refractivity contribution in [1.82, 2.24) is 9.88 Å². The molecular formula is C16H22N2O3. The van der Waals surface area contributed by atoms with Crippen LogP contribution in [0.15, 0.2) is 12.1 Å². The van der Waals surface area contributed by atoms with Crippen LogP contribution in [0.1, 0.15) is 47.9 Å². The fraction of sp³-hybridized carbons (Fsp3) is 0.562. The maximum atomic E-state index is 12.7. The summed E-state index contributed by atoms with van der Waals surface area (Å²) in [6.45, 7) is 6.42. The van der Waals surface area contributed by atoms with Crippen LogP contribution >= 0.6 is 0 Å². The third kappa shape index (κ3) is 3.40. The Labute approximate surface area is 125 Å². The molecule has 5 heteroatoms. The Morgan fingerprint density at radius 3 is 2.76 bits per heavy atom. The minimum Gasteiger partial charge on any atom is -0.464 e. The Kier molecular flexibility index (Phi) is 4.94. The summed E-state index contributed by atoms with van der Waals surface area (Å²) >= 11 is 0. The first kappa shape index (κ1) is 15.5. The number of carbonyl (C=O) groups is 2. The highest BCUT2D eigenvalue weighted by Gasteiger charge is 2.34. The van der Waals surface area contributed by atoms with Crippen molar-refractivity contribution in [2.24, 2.45) is 0 Å². The highest BCUT2D eigenvalue weighted by molar-refractivity contribution is 5.97. The summed E-state index contributed by atoms with van der Waals surface area (Å²) in [7, 11) is 0. The third-order valence-electron chi connectivity index (χ3n) is 3.78. The fourth-order valence-electron chi connectivity index (χ4n) is 2.73. The van der Waals surface area contributed by atoms with Gasteiger partial charge in [0.05, 0.1) is 17.9 Å². The lowest BCUT2D eigenvalue weighted by molar-refractivity contribution is -0.149. The second kappa shape index (κ2) is 6.70. The molecule has 1 amide bonds. The summed E-state index contributed by atoms with van der Waals surface area (Å²) in [6.07, 6.45) is 2.53. The van der Waals surface area contributed by atoms with Gasteiger partial charge in [0.15, 0.2) is 0 Å². The monoisotopic (exact) mass is 290 g/mol. The van der Waals surface area contributed by atoms with Gasteiger partial charge in [-0.25, -0.2) is 4.79 Å². The van der Waals surface area contributed by atoms with E-state index in [0.29, 0.717) is 30.8 Å². The third-order valence-corrected chi connectivity index (χ3v) is 3.78. The molecule has 0 N–H and O–H groups in total. The zero-order chi connectivity index (χ0) is 15.4. The zero-order valence-electron chi connectivity index (χ0n) is 12.9. The molecule has 114 valence electrons. The van der Waals surface area contributed by atoms with Crippen LogP contribution in [0.5, 0.6) is 0 Å². The topological polar surface area (TPSA) is 59.5 Å². The molecule has 21 heavy (non-hydrogen) atoms. The molecule has 1 atom stereocenters. The molecule has 0 aromatic carbocycles. The molecular weight excluding hydrogens is 268 g/mol. The molecule has 0 bridgehead atoms. The fourth-order valence-corrected chi connectivity index (χ4v) is 2.73. The Balaban J connectivity index is 2.24. The van der Waals surface area contributed by atoms with Gasteiger partial charge in [0.1, 0.15) is 6.04 Å². The van der Waals surface area contributed by atoms with E-state index in [1.807, 2.05) is 19.9 Å². The summed E-state index contributed by atoms with van der Waals surface area (Å²) in [5.74, 6) is -0.430. The largest absolute Gasteiger partial charge is 0.464 e. The average Bonchev–Trinajstić information content (AvgIpc) is 2.47. The van der Waals surface area contributed by atoms with E-state index in [9.17, 15) is 9.59 Å². The van der Waals surface area contributed by atoms with Gasteiger partial charge in [0.2, 0.25) is 0 Å². The van der Waals surface area contributed by atoms with E-state index in [4.69, 9.17) is 4.74 Å². The lowest BCUT2D eigenvalue weighted by Gasteiger charge is -2.34. The number of pyridine rings is 1. The van der Waals surface area contributed by atoms with Crippen LogP contribution in [0.25, 0.3) is 0 Å². The van der Waals surface area contributed by atoms with E-state index in [0.717, 1.165) is 18.5 Å². The molecule has 0 aliphatic carbocycles. The summed E-state index contributed by atoms with van der Waals surface area (Å²) in [5.41, 5.74) is 2.15. The molecule has 1 aliphatic rings. The van der Waals surface area contributed by atoms with E-state index >= 15 is 0 Å². The van der Waals surface area contributed by atoms with Gasteiger partial charge < -0.3 is 9.64 Å². The molecule has 1 fully saturated rings. The minimum absolute atomic E-state index is 0.127. The summed E-state index contributed by atoms with van der Waals surface area (Å²) in [6, 6.07) is 3.15. The molecule has 1 aromatic rings. The van der Waals surface area contributed by atoms with E-state index < -0.39 is 6.04 Å². The van der Waals surface area contributed by atoms with E-state index in [1.165, 1.54) is 0 Å². The van der Waals surface area contributed by atoms with E-state index in [-0.39, 0.29) is 11.9 Å². The van der Waals surface area contributed by atoms with Gasteiger partial charge in [-0.15, -0.1) is 0 Å². The minimum atomic E-state index is -0.466. The van der Waals surface area contributed by atoms with Gasteiger partial charge in [-0.1, -0.05) is 0 Å². The Morgan fingerprint density at radius 1 is 1.33 bits per heavy atom. The molecule has 0 saturated carbocycles. The predicted molar refractivity (Wildman–Crippen MR) is 79.0 cm³/mol. The lowest BCUT2D eigenvalue weighted by atomic mass is 10.0. The number of carbonyl (C=O) groups excluding carboxylic acids is 2. The number of esters is 1. The number of aromatic nitrogens is 1. The van der Waals surface area contributed by atoms with Crippen LogP contribution in [-0.4, -0.2) is 41.0 Å². The molecule has 1 unspecified atom stereocenters. The number of hydrogen-bond acceptors (Lipinski definition) is 4. The van der Waals surface area contributed by atoms with Gasteiger partial charge in [-0.05, 0) is 52.2 Å². The van der Waals surface area contributed by atoms with Crippen LogP contribution in [0, 0.1) is 13.8 Å². The second-order valence-electron chi connectivity index (χ2n) is 5.35. The van der Waals surface area contributed by atoms with Crippen LogP contribution in [-0.2, 0) is 9.53 Å². The number of likely N-dealkylation sites (tertiary alicyclic amines) is 1. The molecule has 5 nitrogen and oxygen atoms in total. The van der Waals surface area contributed by atoms with Gasteiger partial charge in [0.25, 0.3) is 5.91 Å². The lowest BCUT2D eigenvalue weighted by Crippen LogP contribution is -2.48. The zero-order valence-corrected chi connectivity index (χ0v) is 12.9. The molecule has 0 radical (unpaired) electrons. The number of amides is 1. The van der Waals surface area contributed by atoms with Crippen molar-refractivity contribution >= 4 is 11.9 Å². The van der Waals surface area contributed by atoms with Crippen LogP contribution in [0.3, 0.4) is 0 Å². The number of rotatable bonds is 3. The van der Waals surface area contributed by atoms with Crippen LogP contribution in [0.4, 0.5) is 0 Å². The highest BCUT2D eigenvalue weighted by Crippen LogP contribution is 2.22. The van der Waals surface area contributed by atoms with E-state index in [2.05, 4.69) is 4.98 Å². The van der Waals surface area contributed by atoms with Gasteiger partial charge >= 0.3 is 5.97 Å². The first-order chi connectivity index (χ1) is 10.0. The number of ether oxygens (including phenoxy) is 1. The molecule has 1 aromatic heterocycles. The molecule has 1 aliphatic heterocycles. The van der Waals surface area contributed by atoms with Crippen molar-refractivity contribution in [2.75, 3.05) is 13.2 Å². The SMILES string of the molecule is CCOC(=O)C1CCCCN1C(=O)c1ccc(C)nc1C. The quantitative estimate of drug-likeness (QED) is 0.801. The van der Waals surface area contributed by atoms with Crippen LogP contribution in [0.2, 0.25) is 0 Å². The van der Waals surface area contributed by atoms with Gasteiger partial charge in [-0.3, -0.25) is 9.78 Å². The number of piperidine rings is 1. The second-order valence-corrected chi connectivity index (χ2v) is 5.35. The Morgan fingerprint density at radius 2 is 2.10 bits per heavy atom. The van der Waals surface area contributed by atoms with Crippen molar-refractivity contribution in [3.63, 3.8) is 0 Å². The standard InChI is InChI=1S/C16H22N2O3/c1-4-21-16(20)14-7-5-6-10-18(14)15(19)13-9-8-11(2)17-12(13)3/h8-9,14H,4-7,10H2,1-3H3. The van der Waals surface area contributed by atoms with Crippen molar-refractivity contribution in [2.45, 2.75) is 46.1 Å². The predicted octanol–water partition coefficient (Wildman–Crippen LogP) is 2.26. The van der Waals surface area contributed by atoms with Gasteiger partial charge in [0, 0.05) is 12.2 Å². The number of hydrogen-bond donors (Lipinski definition) is 0. The first-order valence-corrected chi connectivity index (χ1v) is 7.46. The van der Waals surface area contributed by atoms with Crippen LogP contribution < -0.4 is 0 Å². The highest BCUT2D eigenvalue weighted by atomic mass is 16.5. The number of aryl methyl sites for hydroxylation is 2. The van der Waals surface area contributed by atoms with Gasteiger partial charge in [-0.2, -0.15) is 0 Å². The van der Waals surface area contributed by atoms with E-state index in [1.54, 1.807) is 17.9 Å². The Bertz CT molecular complexity index is 542. The molecule has 2 heterocycles. The maximum Gasteiger partial charge on any atom is 0.328 e. The van der Waals surface area contributed by atoms with Crippen molar-refractivity contribution in [3.05, 3.63) is 29.1 Å². The van der Waals surface area contributed by atoms with Crippen molar-refractivity contribution < 1.29 is 14.3 Å². The van der Waals surface area contributed by atoms with Crippen molar-refractivity contribution in [3.8, 4) is 0 Å². The molecule has 1 saturated heterocycles. The molecule has 0 spiro atoms. The average molecular weight is 290 g/mol. The summed E-state index contributed by atoms with van der Waals surface area (Å²) in [5, 5.41) is 0. The number of nitrogens with zero attached hydrogens (tertiary/aromatic N) is 2. The van der Waals surface area contributed by atoms with Crippen molar-refractivity contribution in [1.29, 1.82) is 0 Å². The summed E-state index contributed by atoms with van der Waals surface area (Å²) in [4.78, 5) is 30.8. The Hall–Kier alpha value is -1.91.